The van der Waals surface area contributed by atoms with E-state index in [1.165, 1.54) is 11.1 Å². The SMILES string of the molecule is CN(C)CCNc1nncc(N2CCc3ccccc3C2)n1. The van der Waals surface area contributed by atoms with Gasteiger partial charge in [0.05, 0.1) is 6.20 Å². The lowest BCUT2D eigenvalue weighted by molar-refractivity contribution is 0.425. The lowest BCUT2D eigenvalue weighted by Gasteiger charge is -2.29. The number of nitrogens with one attached hydrogen (secondary N) is 1. The van der Waals surface area contributed by atoms with Gasteiger partial charge in [-0.25, -0.2) is 0 Å². The van der Waals surface area contributed by atoms with E-state index in [0.717, 1.165) is 38.4 Å². The molecule has 1 aromatic heterocycles. The zero-order chi connectivity index (χ0) is 15.4. The van der Waals surface area contributed by atoms with Crippen molar-refractivity contribution >= 4 is 11.8 Å². The highest BCUT2D eigenvalue weighted by Crippen LogP contribution is 2.22. The third-order valence-corrected chi connectivity index (χ3v) is 3.84. The predicted octanol–water partition coefficient (Wildman–Crippen LogP) is 1.41. The van der Waals surface area contributed by atoms with Gasteiger partial charge in [0.15, 0.2) is 5.82 Å². The van der Waals surface area contributed by atoms with Crippen molar-refractivity contribution in [3.05, 3.63) is 41.6 Å². The molecule has 1 aliphatic rings. The fourth-order valence-corrected chi connectivity index (χ4v) is 2.60. The van der Waals surface area contributed by atoms with Crippen molar-refractivity contribution < 1.29 is 0 Å². The van der Waals surface area contributed by atoms with Gasteiger partial charge < -0.3 is 15.1 Å². The number of benzene rings is 1. The average Bonchev–Trinajstić information content (AvgIpc) is 2.54. The minimum atomic E-state index is 0.596. The molecule has 0 unspecified atom stereocenters. The van der Waals surface area contributed by atoms with E-state index in [9.17, 15) is 0 Å². The molecule has 0 bridgehead atoms. The summed E-state index contributed by atoms with van der Waals surface area (Å²) in [5, 5.41) is 11.4. The Labute approximate surface area is 131 Å². The topological polar surface area (TPSA) is 57.2 Å². The standard InChI is InChI=1S/C16H22N6/c1-21(2)10-8-17-16-19-15(11-18-20-16)22-9-7-13-5-3-4-6-14(13)12-22/h3-6,11H,7-10,12H2,1-2H3,(H,17,19,20). The molecule has 0 atom stereocenters. The molecule has 0 saturated carbocycles. The number of fused-ring (bicyclic) bond motifs is 1. The second-order valence-electron chi connectivity index (χ2n) is 5.81. The number of aromatic nitrogens is 3. The summed E-state index contributed by atoms with van der Waals surface area (Å²) in [5.41, 5.74) is 2.81. The van der Waals surface area contributed by atoms with Crippen molar-refractivity contribution in [2.24, 2.45) is 0 Å². The van der Waals surface area contributed by atoms with Crippen LogP contribution in [0, 0.1) is 0 Å². The number of rotatable bonds is 5. The van der Waals surface area contributed by atoms with Gasteiger partial charge in [-0.05, 0) is 31.6 Å². The van der Waals surface area contributed by atoms with E-state index < -0.39 is 0 Å². The van der Waals surface area contributed by atoms with Gasteiger partial charge in [0, 0.05) is 26.2 Å². The van der Waals surface area contributed by atoms with E-state index >= 15 is 0 Å². The molecule has 0 amide bonds. The van der Waals surface area contributed by atoms with E-state index in [1.54, 1.807) is 6.20 Å². The third kappa shape index (κ3) is 3.51. The normalized spacial score (nSPS) is 14.0. The molecule has 0 radical (unpaired) electrons. The van der Waals surface area contributed by atoms with Gasteiger partial charge in [-0.3, -0.25) is 0 Å². The summed E-state index contributed by atoms with van der Waals surface area (Å²) in [4.78, 5) is 8.96. The zero-order valence-electron chi connectivity index (χ0n) is 13.2. The molecule has 1 aliphatic heterocycles. The van der Waals surface area contributed by atoms with Crippen LogP contribution in [-0.2, 0) is 13.0 Å². The Balaban J connectivity index is 1.68. The molecule has 6 heteroatoms. The highest BCUT2D eigenvalue weighted by molar-refractivity contribution is 5.44. The van der Waals surface area contributed by atoms with E-state index in [4.69, 9.17) is 0 Å². The smallest absolute Gasteiger partial charge is 0.244 e. The van der Waals surface area contributed by atoms with E-state index in [-0.39, 0.29) is 0 Å². The first kappa shape index (κ1) is 14.7. The first-order chi connectivity index (χ1) is 10.7. The van der Waals surface area contributed by atoms with E-state index in [2.05, 4.69) is 54.6 Å². The lowest BCUT2D eigenvalue weighted by atomic mass is 10.0. The Morgan fingerprint density at radius 1 is 1.23 bits per heavy atom. The van der Waals surface area contributed by atoms with Crippen LogP contribution >= 0.6 is 0 Å². The Bertz CT molecular complexity index is 628. The number of likely N-dealkylation sites (N-methyl/N-ethyl adjacent to an activating group) is 1. The van der Waals surface area contributed by atoms with Gasteiger partial charge in [-0.15, -0.1) is 5.10 Å². The van der Waals surface area contributed by atoms with Crippen molar-refractivity contribution in [2.45, 2.75) is 13.0 Å². The molecule has 2 heterocycles. The Hall–Kier alpha value is -2.21. The lowest BCUT2D eigenvalue weighted by Crippen LogP contribution is -2.31. The fraction of sp³-hybridized carbons (Fsp3) is 0.438. The maximum Gasteiger partial charge on any atom is 0.244 e. The monoisotopic (exact) mass is 298 g/mol. The summed E-state index contributed by atoms with van der Waals surface area (Å²) in [6.45, 7) is 3.59. The number of hydrogen-bond donors (Lipinski definition) is 1. The predicted molar refractivity (Wildman–Crippen MR) is 88.1 cm³/mol. The van der Waals surface area contributed by atoms with Crippen LogP contribution in [0.1, 0.15) is 11.1 Å². The van der Waals surface area contributed by atoms with Crippen LogP contribution in [0.25, 0.3) is 0 Å². The van der Waals surface area contributed by atoms with Gasteiger partial charge in [0.2, 0.25) is 5.95 Å². The maximum atomic E-state index is 4.59. The van der Waals surface area contributed by atoms with Crippen LogP contribution in [0.2, 0.25) is 0 Å². The minimum Gasteiger partial charge on any atom is -0.352 e. The number of anilines is 2. The van der Waals surface area contributed by atoms with Gasteiger partial charge in [0.25, 0.3) is 0 Å². The summed E-state index contributed by atoms with van der Waals surface area (Å²) >= 11 is 0. The molecule has 3 rings (SSSR count). The largest absolute Gasteiger partial charge is 0.352 e. The van der Waals surface area contributed by atoms with Crippen molar-refractivity contribution in [1.82, 2.24) is 20.1 Å². The zero-order valence-corrected chi connectivity index (χ0v) is 13.2. The summed E-state index contributed by atoms with van der Waals surface area (Å²) in [6.07, 6.45) is 2.79. The Morgan fingerprint density at radius 3 is 2.86 bits per heavy atom. The highest BCUT2D eigenvalue weighted by atomic mass is 15.3. The van der Waals surface area contributed by atoms with Crippen LogP contribution in [0.15, 0.2) is 30.5 Å². The third-order valence-electron chi connectivity index (χ3n) is 3.84. The molecule has 0 spiro atoms. The second kappa shape index (κ2) is 6.70. The first-order valence-corrected chi connectivity index (χ1v) is 7.62. The summed E-state index contributed by atoms with van der Waals surface area (Å²) < 4.78 is 0. The van der Waals surface area contributed by atoms with Crippen LogP contribution < -0.4 is 10.2 Å². The highest BCUT2D eigenvalue weighted by Gasteiger charge is 2.17. The van der Waals surface area contributed by atoms with E-state index in [0.29, 0.717) is 5.95 Å². The quantitative estimate of drug-likeness (QED) is 0.900. The molecule has 1 N–H and O–H groups in total. The molecule has 1 aromatic carbocycles. The minimum absolute atomic E-state index is 0.596. The summed E-state index contributed by atoms with van der Waals surface area (Å²) in [7, 11) is 4.09. The van der Waals surface area contributed by atoms with Crippen LogP contribution in [-0.4, -0.2) is 53.8 Å². The summed E-state index contributed by atoms with van der Waals surface area (Å²) in [6, 6.07) is 8.59. The van der Waals surface area contributed by atoms with Crippen LogP contribution in [0.5, 0.6) is 0 Å². The van der Waals surface area contributed by atoms with Gasteiger partial charge in [-0.1, -0.05) is 24.3 Å². The molecule has 6 nitrogen and oxygen atoms in total. The van der Waals surface area contributed by atoms with Crippen molar-refractivity contribution in [2.75, 3.05) is 43.9 Å². The first-order valence-electron chi connectivity index (χ1n) is 7.62. The molecular formula is C16H22N6. The summed E-state index contributed by atoms with van der Waals surface area (Å²) in [5.74, 6) is 1.48. The van der Waals surface area contributed by atoms with Crippen molar-refractivity contribution in [1.29, 1.82) is 0 Å². The van der Waals surface area contributed by atoms with E-state index in [1.807, 2.05) is 14.1 Å². The molecular weight excluding hydrogens is 276 g/mol. The van der Waals surface area contributed by atoms with Crippen molar-refractivity contribution in [3.8, 4) is 0 Å². The second-order valence-corrected chi connectivity index (χ2v) is 5.81. The molecule has 0 fully saturated rings. The molecule has 2 aromatic rings. The maximum absolute atomic E-state index is 4.59. The molecule has 116 valence electrons. The van der Waals surface area contributed by atoms with Gasteiger partial charge in [-0.2, -0.15) is 10.1 Å². The number of hydrogen-bond acceptors (Lipinski definition) is 6. The van der Waals surface area contributed by atoms with Crippen LogP contribution in [0.3, 0.4) is 0 Å². The molecule has 22 heavy (non-hydrogen) atoms. The Morgan fingerprint density at radius 2 is 2.05 bits per heavy atom. The van der Waals surface area contributed by atoms with Crippen LogP contribution in [0.4, 0.5) is 11.8 Å². The fourth-order valence-electron chi connectivity index (χ4n) is 2.60. The number of nitrogens with zero attached hydrogens (tertiary/aromatic N) is 5. The molecule has 0 aliphatic carbocycles. The van der Waals surface area contributed by atoms with Gasteiger partial charge >= 0.3 is 0 Å². The Kier molecular flexibility index (Phi) is 4.48. The van der Waals surface area contributed by atoms with Crippen molar-refractivity contribution in [3.63, 3.8) is 0 Å². The molecule has 0 saturated heterocycles. The van der Waals surface area contributed by atoms with Gasteiger partial charge in [0.1, 0.15) is 0 Å². The average molecular weight is 298 g/mol.